The zero-order chi connectivity index (χ0) is 14.4. The number of nitrogens with zero attached hydrogens (tertiary/aromatic N) is 1. The summed E-state index contributed by atoms with van der Waals surface area (Å²) >= 11 is 7.29. The molecule has 0 unspecified atom stereocenters. The molecule has 1 aromatic carbocycles. The fourth-order valence-corrected chi connectivity index (χ4v) is 3.02. The minimum atomic E-state index is 0.0621. The van der Waals surface area contributed by atoms with Gasteiger partial charge in [-0.25, -0.2) is 0 Å². The summed E-state index contributed by atoms with van der Waals surface area (Å²) in [6, 6.07) is 5.52. The Morgan fingerprint density at radius 2 is 2.10 bits per heavy atom. The molecule has 5 heteroatoms. The highest BCUT2D eigenvalue weighted by Gasteiger charge is 2.09. The molecule has 0 bridgehead atoms. The SMILES string of the molecule is CCCCCCCC(=O)Nc1snc2ccc(Cl)cc12. The highest BCUT2D eigenvalue weighted by atomic mass is 35.5. The van der Waals surface area contributed by atoms with Gasteiger partial charge in [-0.2, -0.15) is 4.37 Å². The number of aromatic nitrogens is 1. The van der Waals surface area contributed by atoms with Crippen LogP contribution in [0.5, 0.6) is 0 Å². The van der Waals surface area contributed by atoms with Crippen LogP contribution in [0.15, 0.2) is 18.2 Å². The Morgan fingerprint density at radius 3 is 2.90 bits per heavy atom. The summed E-state index contributed by atoms with van der Waals surface area (Å²) in [6.45, 7) is 2.19. The maximum Gasteiger partial charge on any atom is 0.225 e. The molecule has 0 atom stereocenters. The highest BCUT2D eigenvalue weighted by molar-refractivity contribution is 7.12. The van der Waals surface area contributed by atoms with E-state index in [0.29, 0.717) is 11.4 Å². The van der Waals surface area contributed by atoms with Gasteiger partial charge in [-0.15, -0.1) is 0 Å². The van der Waals surface area contributed by atoms with Crippen LogP contribution >= 0.6 is 23.1 Å². The molecule has 0 aliphatic rings. The smallest absolute Gasteiger partial charge is 0.225 e. The van der Waals surface area contributed by atoms with Gasteiger partial charge in [-0.05, 0) is 36.2 Å². The topological polar surface area (TPSA) is 42.0 Å². The highest BCUT2D eigenvalue weighted by Crippen LogP contribution is 2.30. The molecule has 0 aliphatic carbocycles. The van der Waals surface area contributed by atoms with E-state index in [0.717, 1.165) is 28.7 Å². The second-order valence-corrected chi connectivity index (χ2v) is 6.10. The number of anilines is 1. The quantitative estimate of drug-likeness (QED) is 0.710. The molecule has 1 N–H and O–H groups in total. The van der Waals surface area contributed by atoms with Gasteiger partial charge in [0.1, 0.15) is 5.00 Å². The molecule has 3 nitrogen and oxygen atoms in total. The van der Waals surface area contributed by atoms with E-state index in [4.69, 9.17) is 11.6 Å². The largest absolute Gasteiger partial charge is 0.316 e. The fourth-order valence-electron chi connectivity index (χ4n) is 2.08. The third-order valence-electron chi connectivity index (χ3n) is 3.20. The lowest BCUT2D eigenvalue weighted by Crippen LogP contribution is -2.10. The van der Waals surface area contributed by atoms with Crippen molar-refractivity contribution in [3.8, 4) is 0 Å². The van der Waals surface area contributed by atoms with E-state index in [1.165, 1.54) is 30.8 Å². The Morgan fingerprint density at radius 1 is 1.30 bits per heavy atom. The van der Waals surface area contributed by atoms with E-state index >= 15 is 0 Å². The number of nitrogens with one attached hydrogen (secondary N) is 1. The Labute approximate surface area is 128 Å². The zero-order valence-electron chi connectivity index (χ0n) is 11.6. The molecule has 0 aliphatic heterocycles. The third-order valence-corrected chi connectivity index (χ3v) is 4.23. The standard InChI is InChI=1S/C15H19ClN2OS/c1-2-3-4-5-6-7-14(19)17-15-12-10-11(16)8-9-13(12)18-20-15/h8-10H,2-7H2,1H3,(H,17,19). The lowest BCUT2D eigenvalue weighted by molar-refractivity contribution is -0.116. The first-order chi connectivity index (χ1) is 9.70. The number of halogens is 1. The molecule has 1 amide bonds. The number of amides is 1. The van der Waals surface area contributed by atoms with Gasteiger partial charge >= 0.3 is 0 Å². The second kappa shape index (κ2) is 7.60. The van der Waals surface area contributed by atoms with E-state index in [1.807, 2.05) is 18.2 Å². The molecule has 0 saturated carbocycles. The molecule has 1 aromatic heterocycles. The van der Waals surface area contributed by atoms with Crippen LogP contribution < -0.4 is 5.32 Å². The Balaban J connectivity index is 1.88. The molecular weight excluding hydrogens is 292 g/mol. The zero-order valence-corrected chi connectivity index (χ0v) is 13.2. The first-order valence-electron chi connectivity index (χ1n) is 7.05. The minimum absolute atomic E-state index is 0.0621. The van der Waals surface area contributed by atoms with E-state index in [2.05, 4.69) is 16.6 Å². The maximum absolute atomic E-state index is 11.9. The Kier molecular flexibility index (Phi) is 5.80. The summed E-state index contributed by atoms with van der Waals surface area (Å²) in [4.78, 5) is 11.9. The molecule has 0 radical (unpaired) electrons. The Bertz CT molecular complexity index is 582. The van der Waals surface area contributed by atoms with Gasteiger partial charge < -0.3 is 5.32 Å². The minimum Gasteiger partial charge on any atom is -0.316 e. The number of hydrogen-bond donors (Lipinski definition) is 1. The number of rotatable bonds is 7. The van der Waals surface area contributed by atoms with Crippen molar-refractivity contribution in [2.75, 3.05) is 5.32 Å². The van der Waals surface area contributed by atoms with Crippen LogP contribution in [-0.2, 0) is 4.79 Å². The molecule has 2 aromatic rings. The number of hydrogen-bond acceptors (Lipinski definition) is 3. The van der Waals surface area contributed by atoms with E-state index in [1.54, 1.807) is 0 Å². The molecule has 0 spiro atoms. The fraction of sp³-hybridized carbons (Fsp3) is 0.467. The average Bonchev–Trinajstić information content (AvgIpc) is 2.81. The van der Waals surface area contributed by atoms with Gasteiger partial charge in [-0.3, -0.25) is 4.79 Å². The molecule has 20 heavy (non-hydrogen) atoms. The van der Waals surface area contributed by atoms with Crippen LogP contribution in [0.4, 0.5) is 5.00 Å². The van der Waals surface area contributed by atoms with Crippen molar-refractivity contribution in [1.29, 1.82) is 0 Å². The van der Waals surface area contributed by atoms with E-state index in [-0.39, 0.29) is 5.91 Å². The van der Waals surface area contributed by atoms with Crippen molar-refractivity contribution in [2.45, 2.75) is 45.4 Å². The summed E-state index contributed by atoms with van der Waals surface area (Å²) in [5.74, 6) is 0.0621. The first kappa shape index (κ1) is 15.3. The monoisotopic (exact) mass is 310 g/mol. The number of carbonyl (C=O) groups is 1. The normalized spacial score (nSPS) is 10.9. The number of unbranched alkanes of at least 4 members (excludes halogenated alkanes) is 4. The molecule has 2 rings (SSSR count). The molecule has 0 fully saturated rings. The van der Waals surface area contributed by atoms with Crippen LogP contribution in [0.2, 0.25) is 5.02 Å². The summed E-state index contributed by atoms with van der Waals surface area (Å²) in [5.41, 5.74) is 0.873. The molecule has 108 valence electrons. The summed E-state index contributed by atoms with van der Waals surface area (Å²) in [7, 11) is 0. The van der Waals surface area contributed by atoms with Crippen LogP contribution in [0.3, 0.4) is 0 Å². The third kappa shape index (κ3) is 4.18. The summed E-state index contributed by atoms with van der Waals surface area (Å²) in [6.07, 6.45) is 6.33. The molecule has 0 saturated heterocycles. The van der Waals surface area contributed by atoms with Crippen LogP contribution in [-0.4, -0.2) is 10.3 Å². The predicted octanol–water partition coefficient (Wildman–Crippen LogP) is 5.25. The summed E-state index contributed by atoms with van der Waals surface area (Å²) < 4.78 is 4.30. The lowest BCUT2D eigenvalue weighted by Gasteiger charge is -2.03. The molecular formula is C15H19ClN2OS. The maximum atomic E-state index is 11.9. The van der Waals surface area contributed by atoms with Gasteiger partial charge in [0.15, 0.2) is 0 Å². The van der Waals surface area contributed by atoms with Gasteiger partial charge in [0.25, 0.3) is 0 Å². The van der Waals surface area contributed by atoms with Crippen LogP contribution in [0, 0.1) is 0 Å². The van der Waals surface area contributed by atoms with Gasteiger partial charge in [0.2, 0.25) is 5.91 Å². The van der Waals surface area contributed by atoms with Gasteiger partial charge in [-0.1, -0.05) is 44.2 Å². The second-order valence-electron chi connectivity index (χ2n) is 4.89. The average molecular weight is 311 g/mol. The predicted molar refractivity (Wildman–Crippen MR) is 86.6 cm³/mol. The number of fused-ring (bicyclic) bond motifs is 1. The summed E-state index contributed by atoms with van der Waals surface area (Å²) in [5, 5.41) is 5.31. The van der Waals surface area contributed by atoms with E-state index < -0.39 is 0 Å². The van der Waals surface area contributed by atoms with Crippen molar-refractivity contribution in [1.82, 2.24) is 4.37 Å². The van der Waals surface area contributed by atoms with Crippen molar-refractivity contribution in [2.24, 2.45) is 0 Å². The van der Waals surface area contributed by atoms with E-state index in [9.17, 15) is 4.79 Å². The van der Waals surface area contributed by atoms with Gasteiger partial charge in [0.05, 0.1) is 5.52 Å². The Hall–Kier alpha value is -1.13. The molecule has 1 heterocycles. The van der Waals surface area contributed by atoms with Crippen molar-refractivity contribution in [3.05, 3.63) is 23.2 Å². The van der Waals surface area contributed by atoms with Gasteiger partial charge in [0, 0.05) is 16.8 Å². The van der Waals surface area contributed by atoms with Crippen molar-refractivity contribution in [3.63, 3.8) is 0 Å². The van der Waals surface area contributed by atoms with Crippen molar-refractivity contribution < 1.29 is 4.79 Å². The number of carbonyl (C=O) groups excluding carboxylic acids is 1. The van der Waals surface area contributed by atoms with Crippen molar-refractivity contribution >= 4 is 44.9 Å². The lowest BCUT2D eigenvalue weighted by atomic mass is 10.1. The first-order valence-corrected chi connectivity index (χ1v) is 8.20. The number of benzene rings is 1. The van der Waals surface area contributed by atoms with Crippen LogP contribution in [0.25, 0.3) is 10.9 Å². The van der Waals surface area contributed by atoms with Crippen LogP contribution in [0.1, 0.15) is 45.4 Å².